The zero-order valence-corrected chi connectivity index (χ0v) is 16.5. The molecule has 0 spiro atoms. The van der Waals surface area contributed by atoms with Crippen molar-refractivity contribution in [3.05, 3.63) is 47.8 Å². The van der Waals surface area contributed by atoms with E-state index in [1.165, 1.54) is 24.8 Å². The molecule has 1 unspecified atom stereocenters. The van der Waals surface area contributed by atoms with Crippen molar-refractivity contribution in [2.45, 2.75) is 43.6 Å². The van der Waals surface area contributed by atoms with Gasteiger partial charge in [0.25, 0.3) is 0 Å². The van der Waals surface area contributed by atoms with Crippen molar-refractivity contribution in [3.63, 3.8) is 0 Å². The molecule has 1 amide bonds. The fourth-order valence-electron chi connectivity index (χ4n) is 4.14. The van der Waals surface area contributed by atoms with Gasteiger partial charge in [0.05, 0.1) is 13.3 Å². The number of benzene rings is 1. The third kappa shape index (κ3) is 4.33. The molecule has 1 aliphatic rings. The monoisotopic (exact) mass is 370 g/mol. The zero-order valence-electron chi connectivity index (χ0n) is 16.5. The lowest BCUT2D eigenvalue weighted by molar-refractivity contribution is -0.123. The van der Waals surface area contributed by atoms with Crippen molar-refractivity contribution >= 4 is 5.91 Å². The van der Waals surface area contributed by atoms with Crippen LogP contribution in [0.3, 0.4) is 0 Å². The minimum Gasteiger partial charge on any atom is -0.497 e. The second-order valence-electron chi connectivity index (χ2n) is 7.46. The summed E-state index contributed by atoms with van der Waals surface area (Å²) in [5.74, 6) is 0.851. The van der Waals surface area contributed by atoms with Gasteiger partial charge < -0.3 is 15.4 Å². The van der Waals surface area contributed by atoms with Crippen LogP contribution in [0.4, 0.5) is 0 Å². The number of amides is 1. The van der Waals surface area contributed by atoms with Gasteiger partial charge in [-0.3, -0.25) is 9.48 Å². The minimum atomic E-state index is -0.393. The van der Waals surface area contributed by atoms with E-state index in [0.717, 1.165) is 24.2 Å². The number of aromatic nitrogens is 2. The number of nitrogens with zero attached hydrogens (tertiary/aromatic N) is 2. The number of hydrogen-bond donors (Lipinski definition) is 2. The van der Waals surface area contributed by atoms with E-state index in [1.807, 2.05) is 25.4 Å². The fourth-order valence-corrected chi connectivity index (χ4v) is 4.14. The zero-order chi connectivity index (χ0) is 19.3. The van der Waals surface area contributed by atoms with E-state index < -0.39 is 6.04 Å². The Morgan fingerprint density at radius 2 is 1.96 bits per heavy atom. The normalized spacial score (nSPS) is 17.3. The quantitative estimate of drug-likeness (QED) is 0.786. The summed E-state index contributed by atoms with van der Waals surface area (Å²) >= 11 is 0. The molecule has 2 N–H and O–H groups in total. The maximum absolute atomic E-state index is 12.9. The summed E-state index contributed by atoms with van der Waals surface area (Å²) in [5.41, 5.74) is 2.15. The van der Waals surface area contributed by atoms with E-state index in [2.05, 4.69) is 27.9 Å². The number of rotatable bonds is 7. The first-order valence-electron chi connectivity index (χ1n) is 9.66. The summed E-state index contributed by atoms with van der Waals surface area (Å²) in [6.45, 7) is 0.649. The van der Waals surface area contributed by atoms with Crippen LogP contribution in [0.1, 0.15) is 49.3 Å². The van der Waals surface area contributed by atoms with Crippen LogP contribution in [0.15, 0.2) is 36.7 Å². The van der Waals surface area contributed by atoms with Crippen LogP contribution in [-0.2, 0) is 17.3 Å². The average Bonchev–Trinajstić information content (AvgIpc) is 3.13. The molecule has 1 heterocycles. The first kappa shape index (κ1) is 19.4. The predicted molar refractivity (Wildman–Crippen MR) is 106 cm³/mol. The molecule has 2 aromatic rings. The van der Waals surface area contributed by atoms with Crippen molar-refractivity contribution in [1.82, 2.24) is 20.4 Å². The number of carbonyl (C=O) groups is 1. The smallest absolute Gasteiger partial charge is 0.241 e. The molecule has 1 atom stereocenters. The Morgan fingerprint density at radius 1 is 1.26 bits per heavy atom. The molecular formula is C21H30N4O2. The van der Waals surface area contributed by atoms with E-state index in [-0.39, 0.29) is 11.3 Å². The molecule has 1 aromatic heterocycles. The lowest BCUT2D eigenvalue weighted by atomic mass is 9.69. The highest BCUT2D eigenvalue weighted by atomic mass is 16.5. The maximum Gasteiger partial charge on any atom is 0.241 e. The lowest BCUT2D eigenvalue weighted by Crippen LogP contribution is -2.45. The Labute approximate surface area is 161 Å². The van der Waals surface area contributed by atoms with Crippen molar-refractivity contribution < 1.29 is 9.53 Å². The van der Waals surface area contributed by atoms with Gasteiger partial charge >= 0.3 is 0 Å². The van der Waals surface area contributed by atoms with Gasteiger partial charge in [-0.2, -0.15) is 5.10 Å². The largest absolute Gasteiger partial charge is 0.497 e. The number of ether oxygens (including phenoxy) is 1. The van der Waals surface area contributed by atoms with Gasteiger partial charge in [-0.05, 0) is 37.6 Å². The summed E-state index contributed by atoms with van der Waals surface area (Å²) in [6.07, 6.45) is 9.45. The number of hydrogen-bond acceptors (Lipinski definition) is 4. The molecule has 1 fully saturated rings. The lowest BCUT2D eigenvalue weighted by Gasteiger charge is -2.38. The number of nitrogens with one attached hydrogen (secondary N) is 2. The van der Waals surface area contributed by atoms with Crippen LogP contribution in [-0.4, -0.2) is 36.4 Å². The van der Waals surface area contributed by atoms with Crippen molar-refractivity contribution in [3.8, 4) is 5.75 Å². The molecule has 0 radical (unpaired) electrons. The van der Waals surface area contributed by atoms with Gasteiger partial charge in [0.1, 0.15) is 11.8 Å². The van der Waals surface area contributed by atoms with E-state index in [4.69, 9.17) is 4.74 Å². The summed E-state index contributed by atoms with van der Waals surface area (Å²) in [6, 6.07) is 7.93. The summed E-state index contributed by atoms with van der Waals surface area (Å²) in [4.78, 5) is 12.9. The Hall–Kier alpha value is -2.34. The third-order valence-corrected chi connectivity index (χ3v) is 5.72. The average molecular weight is 370 g/mol. The number of carbonyl (C=O) groups excluding carboxylic acids is 1. The van der Waals surface area contributed by atoms with Crippen molar-refractivity contribution in [1.29, 1.82) is 0 Å². The molecule has 1 aromatic carbocycles. The Kier molecular flexibility index (Phi) is 6.16. The highest BCUT2D eigenvalue weighted by Gasteiger charge is 2.35. The molecular weight excluding hydrogens is 340 g/mol. The van der Waals surface area contributed by atoms with Gasteiger partial charge in [-0.25, -0.2) is 0 Å². The summed E-state index contributed by atoms with van der Waals surface area (Å²) in [7, 11) is 5.34. The number of methoxy groups -OCH3 is 1. The van der Waals surface area contributed by atoms with Crippen LogP contribution in [0.5, 0.6) is 5.75 Å². The molecule has 146 valence electrons. The second kappa shape index (κ2) is 8.57. The molecule has 27 heavy (non-hydrogen) atoms. The Balaban J connectivity index is 1.75. The molecule has 0 bridgehead atoms. The van der Waals surface area contributed by atoms with Gasteiger partial charge in [-0.15, -0.1) is 0 Å². The number of likely N-dealkylation sites (N-methyl/N-ethyl adjacent to an activating group) is 1. The minimum absolute atomic E-state index is 0.00654. The maximum atomic E-state index is 12.9. The van der Waals surface area contributed by atoms with E-state index >= 15 is 0 Å². The molecule has 6 nitrogen and oxygen atoms in total. The van der Waals surface area contributed by atoms with Gasteiger partial charge in [0.15, 0.2) is 0 Å². The highest BCUT2D eigenvalue weighted by Crippen LogP contribution is 2.39. The van der Waals surface area contributed by atoms with Crippen molar-refractivity contribution in [2.24, 2.45) is 7.05 Å². The van der Waals surface area contributed by atoms with Gasteiger partial charge in [0.2, 0.25) is 5.91 Å². The van der Waals surface area contributed by atoms with Crippen molar-refractivity contribution in [2.75, 3.05) is 20.7 Å². The second-order valence-corrected chi connectivity index (χ2v) is 7.46. The Morgan fingerprint density at radius 3 is 2.52 bits per heavy atom. The van der Waals surface area contributed by atoms with Gasteiger partial charge in [-0.1, -0.05) is 31.4 Å². The molecule has 0 saturated heterocycles. The molecule has 1 aliphatic carbocycles. The molecule has 0 aliphatic heterocycles. The molecule has 3 rings (SSSR count). The first-order valence-corrected chi connectivity index (χ1v) is 9.66. The van der Waals surface area contributed by atoms with Gasteiger partial charge in [0, 0.05) is 30.8 Å². The highest BCUT2D eigenvalue weighted by molar-refractivity contribution is 5.83. The first-order chi connectivity index (χ1) is 13.1. The third-order valence-electron chi connectivity index (χ3n) is 5.72. The van der Waals surface area contributed by atoms with Crippen LogP contribution >= 0.6 is 0 Å². The van der Waals surface area contributed by atoms with E-state index in [0.29, 0.717) is 6.54 Å². The SMILES string of the molecule is CNC(C(=O)NCC1(c2ccc(OC)cc2)CCCCC1)c1cnn(C)c1. The standard InChI is InChI=1S/C21H30N4O2/c1-22-19(16-13-24-25(2)14-16)20(26)23-15-21(11-5-4-6-12-21)17-7-9-18(27-3)10-8-17/h7-10,13-14,19,22H,4-6,11-12,15H2,1-3H3,(H,23,26). The summed E-state index contributed by atoms with van der Waals surface area (Å²) in [5, 5.41) is 10.5. The predicted octanol–water partition coefficient (Wildman–Crippen LogP) is 2.71. The van der Waals surface area contributed by atoms with Crippen LogP contribution in [0.25, 0.3) is 0 Å². The van der Waals surface area contributed by atoms with Crippen LogP contribution < -0.4 is 15.4 Å². The van der Waals surface area contributed by atoms with E-state index in [1.54, 1.807) is 25.0 Å². The number of aryl methyl sites for hydroxylation is 1. The molecule has 1 saturated carbocycles. The summed E-state index contributed by atoms with van der Waals surface area (Å²) < 4.78 is 7.01. The molecule has 6 heteroatoms. The van der Waals surface area contributed by atoms with E-state index in [9.17, 15) is 4.79 Å². The van der Waals surface area contributed by atoms with Crippen LogP contribution in [0, 0.1) is 0 Å². The Bertz CT molecular complexity index is 748. The fraction of sp³-hybridized carbons (Fsp3) is 0.524. The topological polar surface area (TPSA) is 68.2 Å². The van der Waals surface area contributed by atoms with Crippen LogP contribution in [0.2, 0.25) is 0 Å².